The molecule has 3 aromatic rings. The number of carbonyl (C=O) groups excluding carboxylic acids is 2. The quantitative estimate of drug-likeness (QED) is 0.286. The van der Waals surface area contributed by atoms with Crippen molar-refractivity contribution in [3.05, 3.63) is 76.3 Å². The lowest BCUT2D eigenvalue weighted by Crippen LogP contribution is -2.44. The summed E-state index contributed by atoms with van der Waals surface area (Å²) in [5, 5.41) is 8.09. The zero-order valence-electron chi connectivity index (χ0n) is 18.9. The molecule has 1 fully saturated rings. The van der Waals surface area contributed by atoms with Crippen LogP contribution in [0.15, 0.2) is 53.7 Å². The molecular formula is C23H21BrF4N6O2. The number of aromatic nitrogens is 3. The van der Waals surface area contributed by atoms with Crippen LogP contribution < -0.4 is 16.0 Å². The van der Waals surface area contributed by atoms with Crippen molar-refractivity contribution in [3.8, 4) is 0 Å². The van der Waals surface area contributed by atoms with Gasteiger partial charge in [-0.25, -0.2) is 14.4 Å². The predicted molar refractivity (Wildman–Crippen MR) is 127 cm³/mol. The van der Waals surface area contributed by atoms with E-state index in [2.05, 4.69) is 46.8 Å². The fraction of sp³-hybridized carbons (Fsp3) is 0.261. The highest BCUT2D eigenvalue weighted by Crippen LogP contribution is 2.38. The number of alkyl halides is 3. The third kappa shape index (κ3) is 7.04. The van der Waals surface area contributed by atoms with Crippen LogP contribution in [0.3, 0.4) is 0 Å². The molecule has 1 amide bonds. The van der Waals surface area contributed by atoms with E-state index in [-0.39, 0.29) is 34.0 Å². The Kier molecular flexibility index (Phi) is 8.69. The molecule has 2 aromatic heterocycles. The Balaban J connectivity index is 0.000000383. The Hall–Kier alpha value is -3.45. The molecular weight excluding hydrogens is 548 g/mol. The van der Waals surface area contributed by atoms with Crippen molar-refractivity contribution in [1.82, 2.24) is 25.6 Å². The molecule has 0 saturated heterocycles. The zero-order valence-corrected chi connectivity index (χ0v) is 20.5. The summed E-state index contributed by atoms with van der Waals surface area (Å²) in [4.78, 5) is 33.1. The molecule has 2 heterocycles. The Morgan fingerprint density at radius 1 is 1.17 bits per heavy atom. The molecule has 0 spiro atoms. The third-order valence-electron chi connectivity index (χ3n) is 5.28. The average molecular weight is 569 g/mol. The van der Waals surface area contributed by atoms with E-state index in [4.69, 9.17) is 0 Å². The van der Waals surface area contributed by atoms with E-state index >= 15 is 0 Å². The van der Waals surface area contributed by atoms with Gasteiger partial charge in [-0.1, -0.05) is 15.9 Å². The number of hydrogen-bond acceptors (Lipinski definition) is 7. The molecule has 8 nitrogen and oxygen atoms in total. The van der Waals surface area contributed by atoms with Crippen molar-refractivity contribution in [2.45, 2.75) is 31.1 Å². The summed E-state index contributed by atoms with van der Waals surface area (Å²) >= 11 is 3.01. The molecule has 0 radical (unpaired) electrons. The van der Waals surface area contributed by atoms with Crippen molar-refractivity contribution in [2.75, 3.05) is 12.4 Å². The van der Waals surface area contributed by atoms with Crippen molar-refractivity contribution < 1.29 is 27.2 Å². The number of pyridine rings is 1. The lowest BCUT2D eigenvalue weighted by molar-refractivity contribution is -0.137. The highest BCUT2D eigenvalue weighted by Gasteiger charge is 2.48. The van der Waals surface area contributed by atoms with Crippen LogP contribution in [0.1, 0.15) is 34.5 Å². The Labute approximate surface area is 212 Å². The van der Waals surface area contributed by atoms with Crippen molar-refractivity contribution in [1.29, 1.82) is 0 Å². The molecule has 0 aliphatic heterocycles. The van der Waals surface area contributed by atoms with Gasteiger partial charge in [-0.3, -0.25) is 14.6 Å². The lowest BCUT2D eigenvalue weighted by atomic mass is 10.1. The van der Waals surface area contributed by atoms with Crippen LogP contribution in [0, 0.1) is 5.82 Å². The first-order chi connectivity index (χ1) is 17.1. The Morgan fingerprint density at radius 3 is 2.39 bits per heavy atom. The highest BCUT2D eigenvalue weighted by molar-refractivity contribution is 9.10. The SMILES string of the molecule is CNC1(C(=O)NCc2ncc(Nc3ccc(Br)cc3C(F)(F)F)cc2F)CC1.O=Cc1cncnc1. The number of benzene rings is 1. The van der Waals surface area contributed by atoms with Crippen LogP contribution in [0.2, 0.25) is 0 Å². The maximum atomic E-state index is 14.3. The number of amides is 1. The molecule has 190 valence electrons. The van der Waals surface area contributed by atoms with Crippen LogP contribution in [0.25, 0.3) is 0 Å². The van der Waals surface area contributed by atoms with Gasteiger partial charge in [0, 0.05) is 22.9 Å². The molecule has 4 rings (SSSR count). The largest absolute Gasteiger partial charge is 0.418 e. The second-order valence-electron chi connectivity index (χ2n) is 7.77. The first kappa shape index (κ1) is 27.1. The minimum atomic E-state index is -4.58. The number of anilines is 2. The smallest absolute Gasteiger partial charge is 0.354 e. The number of carbonyl (C=O) groups is 2. The number of aldehydes is 1. The maximum Gasteiger partial charge on any atom is 0.418 e. The number of nitrogens with zero attached hydrogens (tertiary/aromatic N) is 3. The van der Waals surface area contributed by atoms with Gasteiger partial charge >= 0.3 is 6.18 Å². The summed E-state index contributed by atoms with van der Waals surface area (Å²) in [6.45, 7) is -0.111. The van der Waals surface area contributed by atoms with Gasteiger partial charge in [-0.15, -0.1) is 0 Å². The van der Waals surface area contributed by atoms with Gasteiger partial charge in [0.15, 0.2) is 6.29 Å². The highest BCUT2D eigenvalue weighted by atomic mass is 79.9. The van der Waals surface area contributed by atoms with Gasteiger partial charge in [0.05, 0.1) is 46.5 Å². The number of rotatable bonds is 7. The molecule has 13 heteroatoms. The van der Waals surface area contributed by atoms with E-state index in [1.165, 1.54) is 37.1 Å². The molecule has 0 unspecified atom stereocenters. The molecule has 3 N–H and O–H groups in total. The third-order valence-corrected chi connectivity index (χ3v) is 5.77. The van der Waals surface area contributed by atoms with E-state index in [1.54, 1.807) is 7.05 Å². The summed E-state index contributed by atoms with van der Waals surface area (Å²) in [5.41, 5.74) is -1.13. The normalized spacial score (nSPS) is 13.7. The van der Waals surface area contributed by atoms with Gasteiger partial charge in [-0.05, 0) is 38.1 Å². The van der Waals surface area contributed by atoms with Gasteiger partial charge in [0.2, 0.25) is 5.91 Å². The number of nitrogens with one attached hydrogen (secondary N) is 3. The van der Waals surface area contributed by atoms with Gasteiger partial charge in [0.1, 0.15) is 12.1 Å². The fourth-order valence-electron chi connectivity index (χ4n) is 3.10. The first-order valence-electron chi connectivity index (χ1n) is 10.5. The Morgan fingerprint density at radius 2 is 1.86 bits per heavy atom. The summed E-state index contributed by atoms with van der Waals surface area (Å²) < 4.78 is 54.1. The second-order valence-corrected chi connectivity index (χ2v) is 8.69. The topological polar surface area (TPSA) is 109 Å². The number of halogens is 5. The summed E-state index contributed by atoms with van der Waals surface area (Å²) in [6.07, 6.45) is 3.07. The average Bonchev–Trinajstić information content (AvgIpc) is 3.66. The van der Waals surface area contributed by atoms with Crippen LogP contribution in [0.5, 0.6) is 0 Å². The van der Waals surface area contributed by atoms with E-state index < -0.39 is 23.1 Å². The van der Waals surface area contributed by atoms with E-state index in [0.717, 1.165) is 12.1 Å². The Bertz CT molecular complexity index is 1220. The zero-order chi connectivity index (χ0) is 26.3. The maximum absolute atomic E-state index is 14.3. The van der Waals surface area contributed by atoms with Gasteiger partial charge < -0.3 is 16.0 Å². The minimum Gasteiger partial charge on any atom is -0.354 e. The van der Waals surface area contributed by atoms with Crippen LogP contribution >= 0.6 is 15.9 Å². The molecule has 1 aliphatic carbocycles. The van der Waals surface area contributed by atoms with E-state index in [1.807, 2.05) is 0 Å². The summed E-state index contributed by atoms with van der Waals surface area (Å²) in [6, 6.07) is 4.67. The van der Waals surface area contributed by atoms with Crippen molar-refractivity contribution in [2.24, 2.45) is 0 Å². The van der Waals surface area contributed by atoms with Crippen molar-refractivity contribution in [3.63, 3.8) is 0 Å². The molecule has 1 aliphatic rings. The van der Waals surface area contributed by atoms with Crippen molar-refractivity contribution >= 4 is 39.5 Å². The van der Waals surface area contributed by atoms with Crippen LogP contribution in [-0.2, 0) is 17.5 Å². The predicted octanol–water partition coefficient (Wildman–Crippen LogP) is 4.40. The summed E-state index contributed by atoms with van der Waals surface area (Å²) in [7, 11) is 1.68. The fourth-order valence-corrected chi connectivity index (χ4v) is 3.46. The molecule has 0 bridgehead atoms. The molecule has 0 atom stereocenters. The monoisotopic (exact) mass is 568 g/mol. The molecule has 1 aromatic carbocycles. The number of likely N-dealkylation sites (N-methyl/N-ethyl adjacent to an activating group) is 1. The molecule has 36 heavy (non-hydrogen) atoms. The first-order valence-corrected chi connectivity index (χ1v) is 11.3. The second kappa shape index (κ2) is 11.5. The van der Waals surface area contributed by atoms with Gasteiger partial charge in [0.25, 0.3) is 0 Å². The van der Waals surface area contributed by atoms with E-state index in [0.29, 0.717) is 24.7 Å². The van der Waals surface area contributed by atoms with E-state index in [9.17, 15) is 27.2 Å². The van der Waals surface area contributed by atoms with Gasteiger partial charge in [-0.2, -0.15) is 13.2 Å². The van der Waals surface area contributed by atoms with Crippen LogP contribution in [-0.4, -0.2) is 39.7 Å². The standard InChI is InChI=1S/C18H17BrF4N4O.C5H4N2O/c1-24-17(4-5-17)16(28)26-9-15-13(20)7-11(8-25-15)27-14-3-2-10(19)6-12(14)18(21,22)23;8-3-5-1-6-4-7-2-5/h2-3,6-8,24,27H,4-5,9H2,1H3,(H,26,28);1-4H. The summed E-state index contributed by atoms with van der Waals surface area (Å²) in [5.74, 6) is -0.964. The van der Waals surface area contributed by atoms with Crippen LogP contribution in [0.4, 0.5) is 28.9 Å². The lowest BCUT2D eigenvalue weighted by Gasteiger charge is -2.16. The number of hydrogen-bond donors (Lipinski definition) is 3. The molecule has 1 saturated carbocycles. The minimum absolute atomic E-state index is 0.00217.